The van der Waals surface area contributed by atoms with E-state index in [0.29, 0.717) is 0 Å². The molecule has 0 radical (unpaired) electrons. The molecule has 53 heavy (non-hydrogen) atoms. The molecule has 252 valence electrons. The summed E-state index contributed by atoms with van der Waals surface area (Å²) in [6.45, 7) is 6.88. The molecule has 0 N–H and O–H groups in total. The van der Waals surface area contributed by atoms with E-state index in [1.807, 2.05) is 12.3 Å². The molecule has 2 aromatic heterocycles. The van der Waals surface area contributed by atoms with Crippen molar-refractivity contribution >= 4 is 61.3 Å². The standard InChI is InChI=1S/C50H37N3/c1-35(48-43-23-12-14-25-45(43)49(37-17-6-3-7-18-37)46-26-15-13-24-44(46)48)28-33-47-36(2)42-27-16-34-51-50(42)53(47)41-31-29-40(30-32-41)52(38-19-8-4-9-20-38)39-21-10-5-11-22-39/h3-34H,1H2,2H3/b33-28-. The summed E-state index contributed by atoms with van der Waals surface area (Å²) in [6, 6.07) is 62.1. The lowest BCUT2D eigenvalue weighted by Gasteiger charge is -2.25. The minimum Gasteiger partial charge on any atom is -0.311 e. The molecular formula is C50H37N3. The van der Waals surface area contributed by atoms with Crippen molar-refractivity contribution in [3.05, 3.63) is 212 Å². The molecule has 0 unspecified atom stereocenters. The zero-order valence-electron chi connectivity index (χ0n) is 29.5. The SMILES string of the molecule is C=C(/C=C\c1c(C)c2cccnc2n1-c1ccc(N(c2ccccc2)c2ccccc2)cc1)c1c2ccccc2c(-c2ccccc2)c2ccccc12. The Hall–Kier alpha value is -6.97. The van der Waals surface area contributed by atoms with Gasteiger partial charge in [-0.25, -0.2) is 4.98 Å². The van der Waals surface area contributed by atoms with Gasteiger partial charge in [0.25, 0.3) is 0 Å². The summed E-state index contributed by atoms with van der Waals surface area (Å²) in [4.78, 5) is 7.17. The van der Waals surface area contributed by atoms with E-state index in [1.54, 1.807) is 0 Å². The van der Waals surface area contributed by atoms with Crippen molar-refractivity contribution in [2.45, 2.75) is 6.92 Å². The molecule has 0 amide bonds. The Bertz CT molecular complexity index is 2680. The molecule has 9 rings (SSSR count). The van der Waals surface area contributed by atoms with Crippen LogP contribution in [0.1, 0.15) is 16.8 Å². The first-order chi connectivity index (χ1) is 26.2. The molecule has 0 aliphatic heterocycles. The maximum Gasteiger partial charge on any atom is 0.145 e. The predicted octanol–water partition coefficient (Wildman–Crippen LogP) is 13.5. The van der Waals surface area contributed by atoms with Crippen molar-refractivity contribution in [2.75, 3.05) is 4.90 Å². The highest BCUT2D eigenvalue weighted by Crippen LogP contribution is 2.42. The van der Waals surface area contributed by atoms with E-state index in [2.05, 4.69) is 198 Å². The van der Waals surface area contributed by atoms with Crippen molar-refractivity contribution < 1.29 is 0 Å². The van der Waals surface area contributed by atoms with Crippen molar-refractivity contribution in [1.29, 1.82) is 0 Å². The number of rotatable bonds is 8. The molecule has 3 heteroatoms. The average Bonchev–Trinajstić information content (AvgIpc) is 3.51. The van der Waals surface area contributed by atoms with Crippen molar-refractivity contribution in [1.82, 2.24) is 9.55 Å². The second kappa shape index (κ2) is 13.6. The van der Waals surface area contributed by atoms with Gasteiger partial charge in [0.1, 0.15) is 5.65 Å². The van der Waals surface area contributed by atoms with E-state index in [0.717, 1.165) is 50.6 Å². The van der Waals surface area contributed by atoms with Crippen LogP contribution in [0.5, 0.6) is 0 Å². The highest BCUT2D eigenvalue weighted by atomic mass is 15.1. The molecule has 2 heterocycles. The van der Waals surface area contributed by atoms with Crippen LogP contribution in [-0.2, 0) is 0 Å². The third-order valence-corrected chi connectivity index (χ3v) is 10.2. The van der Waals surface area contributed by atoms with E-state index < -0.39 is 0 Å². The van der Waals surface area contributed by atoms with Gasteiger partial charge in [0.15, 0.2) is 0 Å². The van der Waals surface area contributed by atoms with E-state index >= 15 is 0 Å². The number of hydrogen-bond donors (Lipinski definition) is 0. The van der Waals surface area contributed by atoms with Crippen molar-refractivity contribution in [3.63, 3.8) is 0 Å². The Morgan fingerprint density at radius 2 is 1.04 bits per heavy atom. The molecule has 7 aromatic carbocycles. The van der Waals surface area contributed by atoms with Gasteiger partial charge < -0.3 is 4.90 Å². The van der Waals surface area contributed by atoms with Crippen molar-refractivity contribution in [2.24, 2.45) is 0 Å². The van der Waals surface area contributed by atoms with Crippen LogP contribution in [0.3, 0.4) is 0 Å². The maximum atomic E-state index is 4.89. The smallest absolute Gasteiger partial charge is 0.145 e. The van der Waals surface area contributed by atoms with Gasteiger partial charge in [-0.2, -0.15) is 0 Å². The second-order valence-electron chi connectivity index (χ2n) is 13.3. The number of hydrogen-bond acceptors (Lipinski definition) is 2. The lowest BCUT2D eigenvalue weighted by Crippen LogP contribution is -2.09. The molecule has 0 aliphatic carbocycles. The fraction of sp³-hybridized carbons (Fsp3) is 0.0200. The molecular weight excluding hydrogens is 643 g/mol. The number of nitrogens with zero attached hydrogens (tertiary/aromatic N) is 3. The van der Waals surface area contributed by atoms with Crippen LogP contribution in [-0.4, -0.2) is 9.55 Å². The molecule has 0 spiro atoms. The summed E-state index contributed by atoms with van der Waals surface area (Å²) < 4.78 is 2.27. The quantitative estimate of drug-likeness (QED) is 0.118. The lowest BCUT2D eigenvalue weighted by molar-refractivity contribution is 1.07. The number of aryl methyl sites for hydroxylation is 1. The summed E-state index contributed by atoms with van der Waals surface area (Å²) in [5.41, 5.74) is 12.1. The summed E-state index contributed by atoms with van der Waals surface area (Å²) in [7, 11) is 0. The van der Waals surface area contributed by atoms with Gasteiger partial charge in [-0.1, -0.05) is 128 Å². The highest BCUT2D eigenvalue weighted by molar-refractivity contribution is 6.19. The Balaban J connectivity index is 1.16. The Morgan fingerprint density at radius 1 is 0.547 bits per heavy atom. The number of benzene rings is 7. The van der Waals surface area contributed by atoms with E-state index in [1.165, 1.54) is 38.2 Å². The Labute approximate surface area is 310 Å². The van der Waals surface area contributed by atoms with Gasteiger partial charge in [-0.15, -0.1) is 0 Å². The maximum absolute atomic E-state index is 4.89. The first-order valence-electron chi connectivity index (χ1n) is 18.0. The van der Waals surface area contributed by atoms with Gasteiger partial charge in [0.2, 0.25) is 0 Å². The highest BCUT2D eigenvalue weighted by Gasteiger charge is 2.19. The van der Waals surface area contributed by atoms with Crippen LogP contribution >= 0.6 is 0 Å². The van der Waals surface area contributed by atoms with Crippen LogP contribution in [0.4, 0.5) is 17.1 Å². The molecule has 0 saturated heterocycles. The molecule has 9 aromatic rings. The van der Waals surface area contributed by atoms with Crippen LogP contribution < -0.4 is 4.90 Å². The van der Waals surface area contributed by atoms with Crippen LogP contribution in [0.25, 0.3) is 61.0 Å². The van der Waals surface area contributed by atoms with E-state index in [9.17, 15) is 0 Å². The number of pyridine rings is 1. The predicted molar refractivity (Wildman–Crippen MR) is 225 cm³/mol. The normalized spacial score (nSPS) is 11.5. The van der Waals surface area contributed by atoms with Gasteiger partial charge in [-0.3, -0.25) is 4.57 Å². The number of para-hydroxylation sites is 2. The lowest BCUT2D eigenvalue weighted by atomic mass is 9.86. The first kappa shape index (κ1) is 32.0. The average molecular weight is 680 g/mol. The van der Waals surface area contributed by atoms with Gasteiger partial charge in [-0.05, 0) is 123 Å². The fourth-order valence-corrected chi connectivity index (χ4v) is 7.75. The second-order valence-corrected chi connectivity index (χ2v) is 13.3. The monoisotopic (exact) mass is 679 g/mol. The minimum atomic E-state index is 0.925. The summed E-state index contributed by atoms with van der Waals surface area (Å²) in [5, 5.41) is 5.94. The molecule has 0 aliphatic rings. The number of allylic oxidation sites excluding steroid dienone is 2. The summed E-state index contributed by atoms with van der Waals surface area (Å²) >= 11 is 0. The Morgan fingerprint density at radius 3 is 1.62 bits per heavy atom. The summed E-state index contributed by atoms with van der Waals surface area (Å²) in [5.74, 6) is 0. The fourth-order valence-electron chi connectivity index (χ4n) is 7.75. The number of aromatic nitrogens is 2. The largest absolute Gasteiger partial charge is 0.311 e. The topological polar surface area (TPSA) is 21.1 Å². The minimum absolute atomic E-state index is 0.925. The van der Waals surface area contributed by atoms with Crippen molar-refractivity contribution in [3.8, 4) is 16.8 Å². The molecule has 0 fully saturated rings. The molecule has 0 atom stereocenters. The number of fused-ring (bicyclic) bond motifs is 3. The molecule has 0 bridgehead atoms. The summed E-state index contributed by atoms with van der Waals surface area (Å²) in [6.07, 6.45) is 6.26. The Kier molecular flexibility index (Phi) is 8.22. The van der Waals surface area contributed by atoms with Gasteiger partial charge in [0.05, 0.1) is 5.69 Å². The van der Waals surface area contributed by atoms with Gasteiger partial charge in [0, 0.05) is 34.3 Å². The third-order valence-electron chi connectivity index (χ3n) is 10.2. The first-order valence-corrected chi connectivity index (χ1v) is 18.0. The number of anilines is 3. The van der Waals surface area contributed by atoms with E-state index in [4.69, 9.17) is 11.6 Å². The third kappa shape index (κ3) is 5.69. The zero-order chi connectivity index (χ0) is 35.7. The molecule has 0 saturated carbocycles. The van der Waals surface area contributed by atoms with Crippen LogP contribution in [0.15, 0.2) is 195 Å². The molecule has 3 nitrogen and oxygen atoms in total. The zero-order valence-corrected chi connectivity index (χ0v) is 29.5. The van der Waals surface area contributed by atoms with Crippen LogP contribution in [0, 0.1) is 6.92 Å². The van der Waals surface area contributed by atoms with Crippen LogP contribution in [0.2, 0.25) is 0 Å². The van der Waals surface area contributed by atoms with E-state index in [-0.39, 0.29) is 0 Å². The van der Waals surface area contributed by atoms with Gasteiger partial charge >= 0.3 is 0 Å².